The minimum absolute atomic E-state index is 0.199. The highest BCUT2D eigenvalue weighted by molar-refractivity contribution is 7.21. The highest BCUT2D eigenvalue weighted by atomic mass is 32.1. The van der Waals surface area contributed by atoms with Crippen molar-refractivity contribution in [3.05, 3.63) is 95.6 Å². The molecule has 0 unspecified atom stereocenters. The molecule has 3 N–H and O–H groups in total. The smallest absolute Gasteiger partial charge is 0.332 e. The van der Waals surface area contributed by atoms with Crippen LogP contribution in [-0.4, -0.2) is 51.1 Å². The molecule has 0 radical (unpaired) electrons. The summed E-state index contributed by atoms with van der Waals surface area (Å²) >= 11 is 1.21. The number of ether oxygens (including phenoxy) is 1. The van der Waals surface area contributed by atoms with E-state index in [0.29, 0.717) is 49.5 Å². The van der Waals surface area contributed by atoms with Crippen LogP contribution >= 0.6 is 11.3 Å². The number of thiophene rings is 1. The van der Waals surface area contributed by atoms with Crippen LogP contribution in [0.1, 0.15) is 28.1 Å². The fraction of sp³-hybridized carbons (Fsp3) is 0.188. The number of likely N-dealkylation sites (tertiary alicyclic amines) is 1. The number of carbonyl (C=O) groups is 2. The van der Waals surface area contributed by atoms with Crippen LogP contribution in [0.4, 0.5) is 27.7 Å². The van der Waals surface area contributed by atoms with Gasteiger partial charge in [-0.2, -0.15) is 0 Å². The molecule has 2 aliphatic heterocycles. The molecule has 0 atom stereocenters. The quantitative estimate of drug-likeness (QED) is 0.201. The van der Waals surface area contributed by atoms with E-state index in [1.165, 1.54) is 22.6 Å². The first-order valence-electron chi connectivity index (χ1n) is 14.0. The Morgan fingerprint density at radius 3 is 2.44 bits per heavy atom. The Morgan fingerprint density at radius 1 is 0.977 bits per heavy atom. The molecule has 5 aromatic rings. The van der Waals surface area contributed by atoms with Crippen molar-refractivity contribution in [3.63, 3.8) is 0 Å². The second kappa shape index (κ2) is 11.4. The zero-order valence-electron chi connectivity index (χ0n) is 23.1. The van der Waals surface area contributed by atoms with Crippen molar-refractivity contribution in [2.75, 3.05) is 28.6 Å². The van der Waals surface area contributed by atoms with Crippen molar-refractivity contribution in [2.45, 2.75) is 25.5 Å². The lowest BCUT2D eigenvalue weighted by Gasteiger charge is -2.29. The van der Waals surface area contributed by atoms with Gasteiger partial charge in [-0.3, -0.25) is 9.69 Å². The number of nitrogens with one attached hydrogen (secondary N) is 2. The monoisotopic (exact) mass is 592 g/mol. The molecule has 2 aromatic heterocycles. The van der Waals surface area contributed by atoms with Gasteiger partial charge in [0.05, 0.1) is 22.9 Å². The summed E-state index contributed by atoms with van der Waals surface area (Å²) in [5.41, 5.74) is 2.79. The van der Waals surface area contributed by atoms with Gasteiger partial charge >= 0.3 is 6.03 Å². The first-order valence-corrected chi connectivity index (χ1v) is 14.9. The zero-order valence-corrected chi connectivity index (χ0v) is 23.9. The van der Waals surface area contributed by atoms with E-state index in [9.17, 15) is 14.7 Å². The van der Waals surface area contributed by atoms with Crippen LogP contribution in [0.5, 0.6) is 11.5 Å². The van der Waals surface area contributed by atoms with Crippen LogP contribution in [0.15, 0.2) is 85.2 Å². The average Bonchev–Trinajstić information content (AvgIpc) is 3.40. The lowest BCUT2D eigenvalue weighted by molar-refractivity contribution is 0.0792. The highest BCUT2D eigenvalue weighted by Crippen LogP contribution is 2.45. The van der Waals surface area contributed by atoms with Gasteiger partial charge in [0.1, 0.15) is 27.5 Å². The number of nitrogens with zero attached hydrogens (tertiary/aromatic N) is 4. The first-order chi connectivity index (χ1) is 21.0. The number of benzene rings is 3. The molecule has 1 saturated heterocycles. The standard InChI is InChI=1S/C32H28N6O4S/c39-23-14-16-37(17-15-23)18-20-6-8-21(9-7-20)35-30(40)28-27-26-29(33-19-34-31(26)43-28)38(32(41)36-27)22-10-12-25(13-11-22)42-24-4-2-1-3-5-24/h1-13,19,23,39H,14-18H2,(H,35,40)(H,36,41). The van der Waals surface area contributed by atoms with Gasteiger partial charge < -0.3 is 20.5 Å². The predicted molar refractivity (Wildman–Crippen MR) is 166 cm³/mol. The maximum Gasteiger partial charge on any atom is 0.332 e. The zero-order chi connectivity index (χ0) is 29.3. The minimum Gasteiger partial charge on any atom is -0.457 e. The molecule has 0 aliphatic carbocycles. The van der Waals surface area contributed by atoms with Gasteiger partial charge in [-0.1, -0.05) is 30.3 Å². The van der Waals surface area contributed by atoms with E-state index in [2.05, 4.69) is 25.5 Å². The lowest BCUT2D eigenvalue weighted by Crippen LogP contribution is -2.35. The van der Waals surface area contributed by atoms with Crippen LogP contribution in [-0.2, 0) is 6.54 Å². The second-order valence-electron chi connectivity index (χ2n) is 10.5. The van der Waals surface area contributed by atoms with E-state index < -0.39 is 6.03 Å². The first kappa shape index (κ1) is 27.0. The SMILES string of the molecule is O=C(Nc1ccc(CN2CCC(O)CC2)cc1)c1sc2ncnc3c2c1NC(=O)N3c1ccc(Oc2ccccc2)cc1. The third kappa shape index (κ3) is 5.53. The van der Waals surface area contributed by atoms with Crippen molar-refractivity contribution >= 4 is 56.4 Å². The summed E-state index contributed by atoms with van der Waals surface area (Å²) in [4.78, 5) is 40.4. The number of piperidine rings is 1. The maximum atomic E-state index is 13.4. The summed E-state index contributed by atoms with van der Waals surface area (Å²) in [6.07, 6.45) is 2.79. The van der Waals surface area contributed by atoms with E-state index in [1.54, 1.807) is 24.3 Å². The number of anilines is 4. The van der Waals surface area contributed by atoms with Gasteiger partial charge in [0.25, 0.3) is 5.91 Å². The molecule has 0 spiro atoms. The number of amides is 3. The molecular formula is C32H28N6O4S. The molecular weight excluding hydrogens is 564 g/mol. The summed E-state index contributed by atoms with van der Waals surface area (Å²) in [7, 11) is 0. The van der Waals surface area contributed by atoms with Gasteiger partial charge in [0, 0.05) is 25.3 Å². The lowest BCUT2D eigenvalue weighted by atomic mass is 10.1. The Labute approximate surface area is 251 Å². The molecule has 216 valence electrons. The number of hydrogen-bond donors (Lipinski definition) is 3. The number of carbonyl (C=O) groups excluding carboxylic acids is 2. The topological polar surface area (TPSA) is 120 Å². The van der Waals surface area contributed by atoms with Crippen LogP contribution in [0.3, 0.4) is 0 Å². The number of aliphatic hydroxyl groups is 1. The Hall–Kier alpha value is -4.84. The molecule has 3 amide bonds. The van der Waals surface area contributed by atoms with Crippen molar-refractivity contribution in [1.29, 1.82) is 0 Å². The fourth-order valence-corrected chi connectivity index (χ4v) is 6.36. The van der Waals surface area contributed by atoms with Crippen LogP contribution in [0.2, 0.25) is 0 Å². The van der Waals surface area contributed by atoms with E-state index in [1.807, 2.05) is 54.6 Å². The summed E-state index contributed by atoms with van der Waals surface area (Å²) in [5.74, 6) is 1.42. The third-order valence-electron chi connectivity index (χ3n) is 7.57. The van der Waals surface area contributed by atoms with Crippen molar-refractivity contribution in [2.24, 2.45) is 0 Å². The fourth-order valence-electron chi connectivity index (χ4n) is 5.37. The molecule has 3 aromatic carbocycles. The molecule has 7 rings (SSSR count). The molecule has 0 saturated carbocycles. The normalized spacial score (nSPS) is 15.4. The Morgan fingerprint density at radius 2 is 1.70 bits per heavy atom. The third-order valence-corrected chi connectivity index (χ3v) is 8.67. The Kier molecular flexibility index (Phi) is 7.19. The number of para-hydroxylation sites is 1. The number of rotatable bonds is 7. The predicted octanol–water partition coefficient (Wildman–Crippen LogP) is 6.38. The van der Waals surface area contributed by atoms with Crippen molar-refractivity contribution < 1.29 is 19.4 Å². The van der Waals surface area contributed by atoms with Crippen LogP contribution < -0.4 is 20.3 Å². The summed E-state index contributed by atoms with van der Waals surface area (Å²) in [6, 6.07) is 23.9. The molecule has 4 heterocycles. The maximum absolute atomic E-state index is 13.4. The molecule has 1 fully saturated rings. The molecule has 43 heavy (non-hydrogen) atoms. The van der Waals surface area contributed by atoms with E-state index in [-0.39, 0.29) is 12.0 Å². The Balaban J connectivity index is 1.10. The average molecular weight is 593 g/mol. The molecule has 11 heteroatoms. The van der Waals surface area contributed by atoms with Crippen molar-refractivity contribution in [1.82, 2.24) is 14.9 Å². The Bertz CT molecular complexity index is 1790. The second-order valence-corrected chi connectivity index (χ2v) is 11.5. The minimum atomic E-state index is -0.425. The van der Waals surface area contributed by atoms with Gasteiger partial charge in [0.2, 0.25) is 0 Å². The number of hydrogen-bond acceptors (Lipinski definition) is 8. The van der Waals surface area contributed by atoms with Gasteiger partial charge in [0.15, 0.2) is 5.82 Å². The highest BCUT2D eigenvalue weighted by Gasteiger charge is 2.34. The summed E-state index contributed by atoms with van der Waals surface area (Å²) < 4.78 is 5.89. The number of aliphatic hydroxyl groups excluding tert-OH is 1. The summed E-state index contributed by atoms with van der Waals surface area (Å²) in [5, 5.41) is 16.2. The number of aromatic nitrogens is 2. The van der Waals surface area contributed by atoms with E-state index >= 15 is 0 Å². The summed E-state index contributed by atoms with van der Waals surface area (Å²) in [6.45, 7) is 2.54. The van der Waals surface area contributed by atoms with Gasteiger partial charge in [-0.15, -0.1) is 11.3 Å². The van der Waals surface area contributed by atoms with Crippen LogP contribution in [0, 0.1) is 0 Å². The molecule has 0 bridgehead atoms. The van der Waals surface area contributed by atoms with E-state index in [4.69, 9.17) is 4.74 Å². The van der Waals surface area contributed by atoms with E-state index in [0.717, 1.165) is 38.0 Å². The van der Waals surface area contributed by atoms with Gasteiger partial charge in [-0.05, 0) is 66.9 Å². The number of urea groups is 1. The van der Waals surface area contributed by atoms with Crippen LogP contribution in [0.25, 0.3) is 10.2 Å². The molecule has 2 aliphatic rings. The molecule has 10 nitrogen and oxygen atoms in total. The van der Waals surface area contributed by atoms with Crippen molar-refractivity contribution in [3.8, 4) is 11.5 Å². The van der Waals surface area contributed by atoms with Gasteiger partial charge in [-0.25, -0.2) is 19.7 Å². The largest absolute Gasteiger partial charge is 0.457 e.